The highest BCUT2D eigenvalue weighted by molar-refractivity contribution is 9.11. The van der Waals surface area contributed by atoms with Gasteiger partial charge in [0.05, 0.1) is 10.2 Å². The molecule has 1 fully saturated rings. The van der Waals surface area contributed by atoms with Crippen molar-refractivity contribution in [2.24, 2.45) is 0 Å². The van der Waals surface area contributed by atoms with Gasteiger partial charge in [-0.2, -0.15) is 4.31 Å². The fraction of sp³-hybridized carbons (Fsp3) is 0.545. The second-order valence-corrected chi connectivity index (χ2v) is 9.00. The van der Waals surface area contributed by atoms with Crippen molar-refractivity contribution in [1.82, 2.24) is 4.31 Å². The summed E-state index contributed by atoms with van der Waals surface area (Å²) in [5.74, 6) is -0.982. The van der Waals surface area contributed by atoms with E-state index in [1.807, 2.05) is 6.92 Å². The van der Waals surface area contributed by atoms with E-state index in [2.05, 4.69) is 15.9 Å². The van der Waals surface area contributed by atoms with Crippen LogP contribution in [0.5, 0.6) is 0 Å². The predicted octanol–water partition coefficient (Wildman–Crippen LogP) is 2.45. The Morgan fingerprint density at radius 3 is 2.63 bits per heavy atom. The van der Waals surface area contributed by atoms with E-state index in [1.54, 1.807) is 6.07 Å². The minimum absolute atomic E-state index is 0.0365. The standard InChI is InChI=1S/C11H14BrNO4S2/c1-7-6-10(18-11(7)12)19(16,17)13(8-2-3-8)5-4-9(14)15/h6,8H,2-5H2,1H3,(H,14,15). The normalized spacial score (nSPS) is 15.9. The molecule has 0 radical (unpaired) electrons. The lowest BCUT2D eigenvalue weighted by atomic mass is 10.4. The lowest BCUT2D eigenvalue weighted by Crippen LogP contribution is -2.34. The molecular weight excluding hydrogens is 354 g/mol. The molecular formula is C11H14BrNO4S2. The molecule has 2 rings (SSSR count). The topological polar surface area (TPSA) is 74.7 Å². The molecule has 0 atom stereocenters. The summed E-state index contributed by atoms with van der Waals surface area (Å²) in [6.07, 6.45) is 1.45. The van der Waals surface area contributed by atoms with E-state index in [9.17, 15) is 13.2 Å². The van der Waals surface area contributed by atoms with Crippen LogP contribution in [0, 0.1) is 6.92 Å². The highest BCUT2D eigenvalue weighted by atomic mass is 79.9. The van der Waals surface area contributed by atoms with Crippen molar-refractivity contribution in [2.45, 2.75) is 36.4 Å². The minimum Gasteiger partial charge on any atom is -0.481 e. The number of hydrogen-bond donors (Lipinski definition) is 1. The van der Waals surface area contributed by atoms with Crippen LogP contribution in [0.2, 0.25) is 0 Å². The molecule has 0 saturated heterocycles. The molecule has 1 aliphatic carbocycles. The summed E-state index contributed by atoms with van der Waals surface area (Å²) in [6.45, 7) is 1.87. The monoisotopic (exact) mass is 367 g/mol. The molecule has 1 aliphatic rings. The number of halogens is 1. The van der Waals surface area contributed by atoms with Gasteiger partial charge in [-0.25, -0.2) is 8.42 Å². The first-order chi connectivity index (χ1) is 8.82. The number of carboxylic acid groups (broad SMARTS) is 1. The van der Waals surface area contributed by atoms with Crippen LogP contribution in [0.3, 0.4) is 0 Å². The number of sulfonamides is 1. The van der Waals surface area contributed by atoms with E-state index >= 15 is 0 Å². The Kier molecular flexibility index (Phi) is 4.34. The van der Waals surface area contributed by atoms with Crippen LogP contribution in [0.1, 0.15) is 24.8 Å². The number of aliphatic carboxylic acids is 1. The third-order valence-electron chi connectivity index (χ3n) is 2.90. The third-order valence-corrected chi connectivity index (χ3v) is 7.44. The van der Waals surface area contributed by atoms with Gasteiger partial charge in [-0.05, 0) is 47.3 Å². The van der Waals surface area contributed by atoms with Crippen molar-refractivity contribution >= 4 is 43.3 Å². The molecule has 0 aromatic carbocycles. The molecule has 0 amide bonds. The summed E-state index contributed by atoms with van der Waals surface area (Å²) in [5, 5.41) is 8.72. The van der Waals surface area contributed by atoms with Gasteiger partial charge in [0.2, 0.25) is 0 Å². The molecule has 8 heteroatoms. The van der Waals surface area contributed by atoms with Crippen LogP contribution < -0.4 is 0 Å². The van der Waals surface area contributed by atoms with Gasteiger partial charge in [0, 0.05) is 12.6 Å². The van der Waals surface area contributed by atoms with E-state index in [4.69, 9.17) is 5.11 Å². The molecule has 19 heavy (non-hydrogen) atoms. The van der Waals surface area contributed by atoms with E-state index in [1.165, 1.54) is 15.6 Å². The second kappa shape index (κ2) is 5.51. The number of carbonyl (C=O) groups is 1. The summed E-state index contributed by atoms with van der Waals surface area (Å²) in [6, 6.07) is 1.59. The summed E-state index contributed by atoms with van der Waals surface area (Å²) in [7, 11) is -3.58. The van der Waals surface area contributed by atoms with Crippen molar-refractivity contribution in [2.75, 3.05) is 6.54 Å². The second-order valence-electron chi connectivity index (χ2n) is 4.51. The average Bonchev–Trinajstić information content (AvgIpc) is 3.06. The fourth-order valence-electron chi connectivity index (χ4n) is 1.74. The Balaban J connectivity index is 2.26. The molecule has 0 aliphatic heterocycles. The maximum Gasteiger partial charge on any atom is 0.304 e. The van der Waals surface area contributed by atoms with E-state index < -0.39 is 16.0 Å². The maximum atomic E-state index is 12.5. The van der Waals surface area contributed by atoms with Gasteiger partial charge in [0.1, 0.15) is 4.21 Å². The van der Waals surface area contributed by atoms with Crippen LogP contribution in [-0.4, -0.2) is 36.4 Å². The molecule has 1 aromatic heterocycles. The largest absolute Gasteiger partial charge is 0.481 e. The maximum absolute atomic E-state index is 12.5. The Morgan fingerprint density at radius 1 is 1.58 bits per heavy atom. The molecule has 0 spiro atoms. The Hall–Kier alpha value is -0.440. The summed E-state index contributed by atoms with van der Waals surface area (Å²) < 4.78 is 27.4. The van der Waals surface area contributed by atoms with Gasteiger partial charge in [-0.15, -0.1) is 11.3 Å². The van der Waals surface area contributed by atoms with E-state index in [0.717, 1.165) is 22.2 Å². The lowest BCUT2D eigenvalue weighted by molar-refractivity contribution is -0.137. The molecule has 1 aromatic rings. The van der Waals surface area contributed by atoms with Gasteiger partial charge in [-0.3, -0.25) is 4.79 Å². The molecule has 0 bridgehead atoms. The Morgan fingerprint density at radius 2 is 2.21 bits per heavy atom. The highest BCUT2D eigenvalue weighted by Crippen LogP contribution is 2.37. The first kappa shape index (κ1) is 15.0. The smallest absolute Gasteiger partial charge is 0.304 e. The van der Waals surface area contributed by atoms with Crippen LogP contribution >= 0.6 is 27.3 Å². The van der Waals surface area contributed by atoms with Crippen molar-refractivity contribution < 1.29 is 18.3 Å². The van der Waals surface area contributed by atoms with E-state index in [0.29, 0.717) is 0 Å². The van der Waals surface area contributed by atoms with E-state index in [-0.39, 0.29) is 23.2 Å². The number of thiophene rings is 1. The molecule has 1 saturated carbocycles. The average molecular weight is 368 g/mol. The molecule has 0 unspecified atom stereocenters. The van der Waals surface area contributed by atoms with Gasteiger partial charge in [0.15, 0.2) is 0 Å². The minimum atomic E-state index is -3.58. The first-order valence-electron chi connectivity index (χ1n) is 5.82. The van der Waals surface area contributed by atoms with Crippen LogP contribution in [0.25, 0.3) is 0 Å². The summed E-state index contributed by atoms with van der Waals surface area (Å²) >= 11 is 4.48. The quantitative estimate of drug-likeness (QED) is 0.837. The molecule has 1 heterocycles. The van der Waals surface area contributed by atoms with Gasteiger partial charge < -0.3 is 5.11 Å². The zero-order valence-corrected chi connectivity index (χ0v) is 13.5. The van der Waals surface area contributed by atoms with Crippen molar-refractivity contribution in [3.63, 3.8) is 0 Å². The van der Waals surface area contributed by atoms with Crippen LogP contribution in [0.4, 0.5) is 0 Å². The van der Waals surface area contributed by atoms with Crippen LogP contribution in [-0.2, 0) is 14.8 Å². The van der Waals surface area contributed by atoms with Gasteiger partial charge in [0.25, 0.3) is 10.0 Å². The molecule has 5 nitrogen and oxygen atoms in total. The summed E-state index contributed by atoms with van der Waals surface area (Å²) in [5.41, 5.74) is 0.873. The summed E-state index contributed by atoms with van der Waals surface area (Å²) in [4.78, 5) is 10.6. The van der Waals surface area contributed by atoms with Crippen molar-refractivity contribution in [3.8, 4) is 0 Å². The lowest BCUT2D eigenvalue weighted by Gasteiger charge is -2.19. The molecule has 1 N–H and O–H groups in total. The fourth-order valence-corrected chi connectivity index (χ4v) is 5.78. The highest BCUT2D eigenvalue weighted by Gasteiger charge is 2.38. The number of aryl methyl sites for hydroxylation is 1. The number of carboxylic acids is 1. The predicted molar refractivity (Wildman–Crippen MR) is 75.9 cm³/mol. The number of nitrogens with zero attached hydrogens (tertiary/aromatic N) is 1. The van der Waals surface area contributed by atoms with Crippen LogP contribution in [0.15, 0.2) is 14.1 Å². The van der Waals surface area contributed by atoms with Gasteiger partial charge in [-0.1, -0.05) is 0 Å². The van der Waals surface area contributed by atoms with Crippen molar-refractivity contribution in [1.29, 1.82) is 0 Å². The Labute approximate surface area is 124 Å². The number of rotatable bonds is 6. The molecule has 106 valence electrons. The first-order valence-corrected chi connectivity index (χ1v) is 8.87. The zero-order valence-electron chi connectivity index (χ0n) is 10.3. The SMILES string of the molecule is Cc1cc(S(=O)(=O)N(CCC(=O)O)C2CC2)sc1Br. The number of hydrogen-bond acceptors (Lipinski definition) is 4. The van der Waals surface area contributed by atoms with Crippen molar-refractivity contribution in [3.05, 3.63) is 15.4 Å². The zero-order chi connectivity index (χ0) is 14.2. The Bertz CT molecular complexity index is 572. The third kappa shape index (κ3) is 3.36. The van der Waals surface area contributed by atoms with Gasteiger partial charge >= 0.3 is 5.97 Å².